The number of anilines is 3. The van der Waals surface area contributed by atoms with Crippen LogP contribution in [0.5, 0.6) is 0 Å². The molecule has 5 heterocycles. The fraction of sp³-hybridized carbons (Fsp3) is 0.531. The number of carbonyl (C=O) groups is 3. The smallest absolute Gasteiger partial charge is 0.421 e. The van der Waals surface area contributed by atoms with E-state index in [2.05, 4.69) is 25.9 Å². The van der Waals surface area contributed by atoms with E-state index in [-0.39, 0.29) is 67.1 Å². The number of carbonyl (C=O) groups excluding carboxylic acids is 3. The second kappa shape index (κ2) is 15.1. The standard InChI is InChI=1S/C32H42N10O7S/c1-20-24-19-36-31(38-28(24)42(22-6-3-4-7-22)30(45)27(20)21(2)43)37-26-10-9-23(18-35-26)40-13-15-41(16-14-40)50(47,48)39-32(46)49-17-12-34-29(44)25-8-5-11-33-25/h9-10,18-19,22,25,33H,3-8,11-17H2,1-2H3,(H,34,44)(H,39,46)(H,35,36,37,38)/t25-/m1/s1. The van der Waals surface area contributed by atoms with Crippen LogP contribution >= 0.6 is 0 Å². The topological polar surface area (TPSA) is 210 Å². The zero-order valence-corrected chi connectivity index (χ0v) is 28.9. The summed E-state index contributed by atoms with van der Waals surface area (Å²) in [5.74, 6) is 0.276. The molecule has 0 unspecified atom stereocenters. The third kappa shape index (κ3) is 7.71. The number of Topliss-reactive ketones (excluding diaryl/α,β-unsaturated/α-hetero) is 1. The molecule has 6 rings (SSSR count). The summed E-state index contributed by atoms with van der Waals surface area (Å²) in [6, 6.07) is 3.31. The molecule has 4 N–H and O–H groups in total. The summed E-state index contributed by atoms with van der Waals surface area (Å²) in [4.78, 5) is 65.6. The average molecular weight is 711 g/mol. The van der Waals surface area contributed by atoms with Crippen molar-refractivity contribution in [3.8, 4) is 0 Å². The van der Waals surface area contributed by atoms with Crippen molar-refractivity contribution in [3.63, 3.8) is 0 Å². The Morgan fingerprint density at radius 1 is 1.02 bits per heavy atom. The third-order valence-electron chi connectivity index (χ3n) is 9.41. The van der Waals surface area contributed by atoms with Crippen LogP contribution in [0.3, 0.4) is 0 Å². The largest absolute Gasteiger partial charge is 0.447 e. The number of nitrogens with zero attached hydrogens (tertiary/aromatic N) is 6. The molecule has 1 aliphatic carbocycles. The Bertz CT molecular complexity index is 1920. The molecule has 3 aromatic heterocycles. The normalized spacial score (nSPS) is 18.7. The van der Waals surface area contributed by atoms with Crippen LogP contribution in [0.25, 0.3) is 11.0 Å². The van der Waals surface area contributed by atoms with E-state index in [1.807, 2.05) is 15.7 Å². The summed E-state index contributed by atoms with van der Waals surface area (Å²) >= 11 is 0. The van der Waals surface area contributed by atoms with Crippen molar-refractivity contribution in [1.82, 2.24) is 39.2 Å². The van der Waals surface area contributed by atoms with Crippen molar-refractivity contribution >= 4 is 56.5 Å². The molecule has 2 amide bonds. The molecule has 1 saturated carbocycles. The number of fused-ring (bicyclic) bond motifs is 1. The number of hydrogen-bond donors (Lipinski definition) is 4. The van der Waals surface area contributed by atoms with Gasteiger partial charge < -0.3 is 25.6 Å². The molecule has 268 valence electrons. The fourth-order valence-corrected chi connectivity index (χ4v) is 7.85. The minimum absolute atomic E-state index is 0.0339. The van der Waals surface area contributed by atoms with Gasteiger partial charge >= 0.3 is 16.3 Å². The van der Waals surface area contributed by atoms with E-state index in [4.69, 9.17) is 9.72 Å². The van der Waals surface area contributed by atoms with Crippen LogP contribution in [0.4, 0.5) is 22.2 Å². The van der Waals surface area contributed by atoms with Gasteiger partial charge in [0.05, 0.1) is 30.0 Å². The Morgan fingerprint density at radius 3 is 2.44 bits per heavy atom. The van der Waals surface area contributed by atoms with Crippen molar-refractivity contribution < 1.29 is 27.5 Å². The lowest BCUT2D eigenvalue weighted by Gasteiger charge is -2.34. The van der Waals surface area contributed by atoms with E-state index in [9.17, 15) is 27.6 Å². The molecule has 1 atom stereocenters. The quantitative estimate of drug-likeness (QED) is 0.165. The third-order valence-corrected chi connectivity index (χ3v) is 10.9. The van der Waals surface area contributed by atoms with Crippen LogP contribution in [-0.4, -0.2) is 102 Å². The number of pyridine rings is 2. The highest BCUT2D eigenvalue weighted by Crippen LogP contribution is 2.32. The van der Waals surface area contributed by atoms with Gasteiger partial charge in [0.15, 0.2) is 5.78 Å². The number of amides is 2. The molecule has 3 fully saturated rings. The lowest BCUT2D eigenvalue weighted by molar-refractivity contribution is -0.122. The maximum absolute atomic E-state index is 13.5. The van der Waals surface area contributed by atoms with Gasteiger partial charge in [0.2, 0.25) is 11.9 Å². The number of rotatable bonds is 11. The van der Waals surface area contributed by atoms with Crippen molar-refractivity contribution in [2.45, 2.75) is 64.5 Å². The second-order valence-corrected chi connectivity index (χ2v) is 14.4. The first kappa shape index (κ1) is 35.2. The predicted molar refractivity (Wildman–Crippen MR) is 185 cm³/mol. The number of ketones is 1. The summed E-state index contributed by atoms with van der Waals surface area (Å²) in [7, 11) is -4.13. The summed E-state index contributed by atoms with van der Waals surface area (Å²) in [5.41, 5.74) is 1.68. The number of aryl methyl sites for hydroxylation is 1. The highest BCUT2D eigenvalue weighted by Gasteiger charge is 2.30. The SMILES string of the molecule is CC(=O)c1c(C)c2cnc(Nc3ccc(N4CCN(S(=O)(=O)NC(=O)OCCNC(=O)[C@H]5CCCN5)CC4)cn3)nc2n(C2CCCC2)c1=O. The highest BCUT2D eigenvalue weighted by atomic mass is 32.2. The summed E-state index contributed by atoms with van der Waals surface area (Å²) in [6.07, 6.45) is 7.54. The van der Waals surface area contributed by atoms with Gasteiger partial charge in [-0.2, -0.15) is 17.7 Å². The van der Waals surface area contributed by atoms with E-state index in [0.29, 0.717) is 35.5 Å². The first-order chi connectivity index (χ1) is 24.0. The van der Waals surface area contributed by atoms with E-state index in [1.165, 1.54) is 11.2 Å². The first-order valence-electron chi connectivity index (χ1n) is 16.9. The van der Waals surface area contributed by atoms with Crippen LogP contribution < -0.4 is 31.1 Å². The van der Waals surface area contributed by atoms with Crippen LogP contribution in [-0.2, 0) is 19.7 Å². The first-order valence-corrected chi connectivity index (χ1v) is 18.3. The lowest BCUT2D eigenvalue weighted by Crippen LogP contribution is -2.53. The molecule has 0 spiro atoms. The minimum Gasteiger partial charge on any atom is -0.447 e. The second-order valence-electron chi connectivity index (χ2n) is 12.7. The van der Waals surface area contributed by atoms with Gasteiger partial charge in [0.1, 0.15) is 18.1 Å². The van der Waals surface area contributed by atoms with Crippen LogP contribution in [0, 0.1) is 6.92 Å². The number of nitrogens with one attached hydrogen (secondary N) is 4. The molecule has 2 saturated heterocycles. The number of piperazine rings is 1. The van der Waals surface area contributed by atoms with Crippen LogP contribution in [0.15, 0.2) is 29.3 Å². The zero-order chi connectivity index (χ0) is 35.4. The van der Waals surface area contributed by atoms with Gasteiger partial charge in [-0.1, -0.05) is 12.8 Å². The number of aromatic nitrogens is 4. The Hall–Kier alpha value is -4.68. The monoisotopic (exact) mass is 710 g/mol. The maximum Gasteiger partial charge on any atom is 0.421 e. The number of hydrogen-bond acceptors (Lipinski definition) is 13. The fourth-order valence-electron chi connectivity index (χ4n) is 6.81. The molecule has 3 aromatic rings. The maximum atomic E-state index is 13.5. The minimum atomic E-state index is -4.13. The number of ether oxygens (including phenoxy) is 1. The van der Waals surface area contributed by atoms with E-state index in [0.717, 1.165) is 50.8 Å². The van der Waals surface area contributed by atoms with Crippen LogP contribution in [0.2, 0.25) is 0 Å². The Morgan fingerprint density at radius 2 is 1.78 bits per heavy atom. The molecule has 0 bridgehead atoms. The van der Waals surface area contributed by atoms with Gasteiger partial charge in [0.25, 0.3) is 5.56 Å². The molecule has 17 nitrogen and oxygen atoms in total. The van der Waals surface area contributed by atoms with Crippen LogP contribution in [0.1, 0.15) is 67.4 Å². The van der Waals surface area contributed by atoms with Crippen molar-refractivity contribution in [3.05, 3.63) is 46.0 Å². The van der Waals surface area contributed by atoms with E-state index < -0.39 is 16.3 Å². The Balaban J connectivity index is 1.03. The van der Waals surface area contributed by atoms with Gasteiger partial charge in [0, 0.05) is 43.8 Å². The van der Waals surface area contributed by atoms with Gasteiger partial charge in [-0.3, -0.25) is 19.0 Å². The van der Waals surface area contributed by atoms with Gasteiger partial charge in [-0.15, -0.1) is 0 Å². The summed E-state index contributed by atoms with van der Waals surface area (Å²) in [6.45, 7) is 4.83. The predicted octanol–water partition coefficient (Wildman–Crippen LogP) is 1.52. The highest BCUT2D eigenvalue weighted by molar-refractivity contribution is 7.87. The average Bonchev–Trinajstić information content (AvgIpc) is 3.83. The molecule has 2 aliphatic heterocycles. The molecule has 0 aromatic carbocycles. The molecular weight excluding hydrogens is 668 g/mol. The van der Waals surface area contributed by atoms with E-state index >= 15 is 0 Å². The molecule has 0 radical (unpaired) electrons. The van der Waals surface area contributed by atoms with Crippen molar-refractivity contribution in [1.29, 1.82) is 0 Å². The van der Waals surface area contributed by atoms with Gasteiger partial charge in [-0.25, -0.2) is 19.5 Å². The molecule has 18 heteroatoms. The lowest BCUT2D eigenvalue weighted by atomic mass is 10.0. The molecule has 50 heavy (non-hydrogen) atoms. The summed E-state index contributed by atoms with van der Waals surface area (Å²) in [5, 5.41) is 9.49. The van der Waals surface area contributed by atoms with Gasteiger partial charge in [-0.05, 0) is 63.8 Å². The molecule has 3 aliphatic rings. The van der Waals surface area contributed by atoms with Crippen molar-refractivity contribution in [2.75, 3.05) is 56.1 Å². The summed E-state index contributed by atoms with van der Waals surface area (Å²) < 4.78 is 35.3. The Kier molecular flexibility index (Phi) is 10.6. The van der Waals surface area contributed by atoms with E-state index in [1.54, 1.807) is 30.0 Å². The molecular formula is C32H42N10O7S. The van der Waals surface area contributed by atoms with Crippen molar-refractivity contribution in [2.24, 2.45) is 0 Å². The zero-order valence-electron chi connectivity index (χ0n) is 28.1. The Labute approximate surface area is 289 Å².